The second-order valence-corrected chi connectivity index (χ2v) is 8.00. The van der Waals surface area contributed by atoms with Crippen LogP contribution in [0, 0.1) is 21.8 Å². The van der Waals surface area contributed by atoms with Gasteiger partial charge in [0.25, 0.3) is 11.6 Å². The average Bonchev–Trinajstić information content (AvgIpc) is 2.74. The summed E-state index contributed by atoms with van der Waals surface area (Å²) in [4.78, 5) is 27.2. The van der Waals surface area contributed by atoms with Gasteiger partial charge in [0, 0.05) is 57.9 Å². The number of nitro groups is 1. The number of nitrogens with one attached hydrogen (secondary N) is 1. The van der Waals surface area contributed by atoms with E-state index in [2.05, 4.69) is 10.2 Å². The number of hydrogen-bond acceptors (Lipinski definition) is 6. The van der Waals surface area contributed by atoms with Crippen LogP contribution in [0.3, 0.4) is 0 Å². The molecule has 0 bridgehead atoms. The standard InChI is InChI=1S/C22H27FN4O4/c1-25(2)20-11-18(23)17(10-21(20)27(30)31)22(29)24-19-13-26(9-8-16(19)14-28)12-15-6-4-3-5-7-15/h3-7,10-11,16,19,28H,8-9,12-14H2,1-2H3,(H,24,29)/t16-,19+/m0/s1. The maximum Gasteiger partial charge on any atom is 0.293 e. The molecule has 0 saturated carbocycles. The van der Waals surface area contributed by atoms with Gasteiger partial charge in [-0.05, 0) is 18.5 Å². The van der Waals surface area contributed by atoms with E-state index in [9.17, 15) is 24.4 Å². The average molecular weight is 430 g/mol. The van der Waals surface area contributed by atoms with E-state index in [0.29, 0.717) is 19.5 Å². The smallest absolute Gasteiger partial charge is 0.293 e. The zero-order valence-electron chi connectivity index (χ0n) is 17.6. The zero-order valence-corrected chi connectivity index (χ0v) is 17.6. The van der Waals surface area contributed by atoms with Crippen molar-refractivity contribution in [1.29, 1.82) is 0 Å². The lowest BCUT2D eigenvalue weighted by atomic mass is 9.91. The third kappa shape index (κ3) is 5.36. The highest BCUT2D eigenvalue weighted by molar-refractivity contribution is 5.96. The molecule has 31 heavy (non-hydrogen) atoms. The quantitative estimate of drug-likeness (QED) is 0.517. The van der Waals surface area contributed by atoms with E-state index in [0.717, 1.165) is 24.2 Å². The molecule has 1 fully saturated rings. The molecule has 2 aromatic rings. The third-order valence-corrected chi connectivity index (χ3v) is 5.63. The van der Waals surface area contributed by atoms with E-state index < -0.39 is 22.7 Å². The Morgan fingerprint density at radius 3 is 2.65 bits per heavy atom. The van der Waals surface area contributed by atoms with Gasteiger partial charge in [0.2, 0.25) is 0 Å². The van der Waals surface area contributed by atoms with E-state index >= 15 is 0 Å². The van der Waals surface area contributed by atoms with Gasteiger partial charge in [-0.3, -0.25) is 19.8 Å². The number of rotatable bonds is 7. The number of amides is 1. The molecule has 9 heteroatoms. The first kappa shape index (κ1) is 22.6. The van der Waals surface area contributed by atoms with Crippen molar-refractivity contribution in [3.05, 3.63) is 69.5 Å². The van der Waals surface area contributed by atoms with Gasteiger partial charge in [0.15, 0.2) is 0 Å². The SMILES string of the molecule is CN(C)c1cc(F)c(C(=O)N[C@@H]2CN(Cc3ccccc3)CC[C@H]2CO)cc1[N+](=O)[O-]. The van der Waals surface area contributed by atoms with Gasteiger partial charge < -0.3 is 15.3 Å². The Morgan fingerprint density at radius 2 is 2.03 bits per heavy atom. The predicted octanol–water partition coefficient (Wildman–Crippen LogP) is 2.41. The van der Waals surface area contributed by atoms with Gasteiger partial charge in [0.05, 0.1) is 10.5 Å². The first-order valence-electron chi connectivity index (χ1n) is 10.1. The van der Waals surface area contributed by atoms with Crippen molar-refractivity contribution in [3.8, 4) is 0 Å². The Balaban J connectivity index is 1.78. The minimum atomic E-state index is -0.829. The summed E-state index contributed by atoms with van der Waals surface area (Å²) in [6.07, 6.45) is 0.677. The fourth-order valence-corrected chi connectivity index (χ4v) is 3.91. The van der Waals surface area contributed by atoms with Crippen molar-refractivity contribution in [2.24, 2.45) is 5.92 Å². The summed E-state index contributed by atoms with van der Waals surface area (Å²) in [5.41, 5.74) is 0.494. The van der Waals surface area contributed by atoms with Gasteiger partial charge in [-0.1, -0.05) is 30.3 Å². The zero-order chi connectivity index (χ0) is 22.5. The van der Waals surface area contributed by atoms with Crippen LogP contribution in [0.25, 0.3) is 0 Å². The predicted molar refractivity (Wildman–Crippen MR) is 116 cm³/mol. The van der Waals surface area contributed by atoms with E-state index in [4.69, 9.17) is 0 Å². The first-order chi connectivity index (χ1) is 14.8. The van der Waals surface area contributed by atoms with Crippen LogP contribution in [-0.2, 0) is 6.54 Å². The van der Waals surface area contributed by atoms with Crippen molar-refractivity contribution >= 4 is 17.3 Å². The number of aliphatic hydroxyl groups is 1. The number of halogens is 1. The van der Waals surface area contributed by atoms with Gasteiger partial charge in [-0.15, -0.1) is 0 Å². The maximum atomic E-state index is 14.6. The van der Waals surface area contributed by atoms with Gasteiger partial charge in [-0.2, -0.15) is 0 Å². The molecule has 0 unspecified atom stereocenters. The van der Waals surface area contributed by atoms with Crippen molar-refractivity contribution in [2.75, 3.05) is 38.7 Å². The van der Waals surface area contributed by atoms with Crippen LogP contribution < -0.4 is 10.2 Å². The van der Waals surface area contributed by atoms with Crippen LogP contribution in [0.2, 0.25) is 0 Å². The molecule has 1 aliphatic heterocycles. The molecule has 2 aromatic carbocycles. The van der Waals surface area contributed by atoms with E-state index in [1.807, 2.05) is 30.3 Å². The van der Waals surface area contributed by atoms with Crippen molar-refractivity contribution in [2.45, 2.75) is 19.0 Å². The second kappa shape index (κ2) is 9.84. The van der Waals surface area contributed by atoms with Crippen LogP contribution >= 0.6 is 0 Å². The largest absolute Gasteiger partial charge is 0.396 e. The molecule has 0 aliphatic carbocycles. The third-order valence-electron chi connectivity index (χ3n) is 5.63. The number of carbonyl (C=O) groups is 1. The minimum absolute atomic E-state index is 0.0824. The van der Waals surface area contributed by atoms with Crippen molar-refractivity contribution < 1.29 is 19.2 Å². The van der Waals surface area contributed by atoms with E-state index in [1.54, 1.807) is 14.1 Å². The van der Waals surface area contributed by atoms with Crippen LogP contribution in [0.15, 0.2) is 42.5 Å². The molecule has 1 amide bonds. The molecule has 166 valence electrons. The van der Waals surface area contributed by atoms with Gasteiger partial charge >= 0.3 is 0 Å². The number of anilines is 1. The Labute approximate surface area is 180 Å². The number of likely N-dealkylation sites (tertiary alicyclic amines) is 1. The van der Waals surface area contributed by atoms with E-state index in [-0.39, 0.29) is 29.5 Å². The summed E-state index contributed by atoms with van der Waals surface area (Å²) >= 11 is 0. The normalized spacial score (nSPS) is 19.1. The first-order valence-corrected chi connectivity index (χ1v) is 10.1. The molecule has 0 aromatic heterocycles. The van der Waals surface area contributed by atoms with Crippen molar-refractivity contribution in [1.82, 2.24) is 10.2 Å². The fourth-order valence-electron chi connectivity index (χ4n) is 3.91. The molecular formula is C22H27FN4O4. The molecule has 2 atom stereocenters. The highest BCUT2D eigenvalue weighted by atomic mass is 19.1. The van der Waals surface area contributed by atoms with Crippen LogP contribution in [0.1, 0.15) is 22.3 Å². The van der Waals surface area contributed by atoms with Gasteiger partial charge in [0.1, 0.15) is 11.5 Å². The number of nitro benzene ring substituents is 1. The summed E-state index contributed by atoms with van der Waals surface area (Å²) in [5, 5.41) is 23.9. The van der Waals surface area contributed by atoms with Crippen LogP contribution in [-0.4, -0.2) is 60.7 Å². The van der Waals surface area contributed by atoms with Crippen molar-refractivity contribution in [3.63, 3.8) is 0 Å². The molecule has 1 aliphatic rings. The minimum Gasteiger partial charge on any atom is -0.396 e. The fraction of sp³-hybridized carbons (Fsp3) is 0.409. The summed E-state index contributed by atoms with van der Waals surface area (Å²) in [6, 6.07) is 11.5. The highest BCUT2D eigenvalue weighted by Crippen LogP contribution is 2.30. The molecule has 1 heterocycles. The Bertz CT molecular complexity index is 939. The molecule has 0 spiro atoms. The van der Waals surface area contributed by atoms with Crippen LogP contribution in [0.5, 0.6) is 0 Å². The summed E-state index contributed by atoms with van der Waals surface area (Å²) < 4.78 is 14.6. The lowest BCUT2D eigenvalue weighted by Gasteiger charge is -2.38. The Morgan fingerprint density at radius 1 is 1.32 bits per heavy atom. The number of benzene rings is 2. The lowest BCUT2D eigenvalue weighted by Crippen LogP contribution is -2.53. The number of nitrogens with zero attached hydrogens (tertiary/aromatic N) is 3. The summed E-state index contributed by atoms with van der Waals surface area (Å²) in [7, 11) is 3.13. The van der Waals surface area contributed by atoms with Gasteiger partial charge in [-0.25, -0.2) is 4.39 Å². The summed E-state index contributed by atoms with van der Waals surface area (Å²) in [6.45, 7) is 1.85. The molecular weight excluding hydrogens is 403 g/mol. The maximum absolute atomic E-state index is 14.6. The topological polar surface area (TPSA) is 99.0 Å². The number of aliphatic hydroxyl groups excluding tert-OH is 1. The number of carbonyl (C=O) groups excluding carboxylic acids is 1. The Hall–Kier alpha value is -3.04. The molecule has 0 radical (unpaired) electrons. The second-order valence-electron chi connectivity index (χ2n) is 8.00. The Kier molecular flexibility index (Phi) is 7.19. The molecule has 8 nitrogen and oxygen atoms in total. The number of piperidine rings is 1. The van der Waals surface area contributed by atoms with Crippen LogP contribution in [0.4, 0.5) is 15.8 Å². The lowest BCUT2D eigenvalue weighted by molar-refractivity contribution is -0.384. The highest BCUT2D eigenvalue weighted by Gasteiger charge is 2.31. The van der Waals surface area contributed by atoms with E-state index in [1.165, 1.54) is 4.90 Å². The summed E-state index contributed by atoms with van der Waals surface area (Å²) in [5.74, 6) is -1.73. The monoisotopic (exact) mass is 430 g/mol. The molecule has 2 N–H and O–H groups in total. The molecule has 1 saturated heterocycles. The molecule has 3 rings (SSSR count). The number of hydrogen-bond donors (Lipinski definition) is 2.